The number of carboxylic acids is 1. The van der Waals surface area contributed by atoms with E-state index in [0.29, 0.717) is 17.3 Å². The van der Waals surface area contributed by atoms with Crippen LogP contribution in [0.2, 0.25) is 0 Å². The van der Waals surface area contributed by atoms with Gasteiger partial charge in [0, 0.05) is 10.6 Å². The molecule has 0 radical (unpaired) electrons. The van der Waals surface area contributed by atoms with E-state index >= 15 is 0 Å². The van der Waals surface area contributed by atoms with Gasteiger partial charge in [-0.1, -0.05) is 6.92 Å². The Kier molecular flexibility index (Phi) is 5.14. The Hall–Kier alpha value is -0.520. The summed E-state index contributed by atoms with van der Waals surface area (Å²) in [5.74, 6) is 1.58. The molecule has 0 bridgehead atoms. The molecule has 3 nitrogen and oxygen atoms in total. The van der Waals surface area contributed by atoms with E-state index in [-0.39, 0.29) is 0 Å². The maximum absolute atomic E-state index is 10.6. The van der Waals surface area contributed by atoms with Gasteiger partial charge >= 0.3 is 5.97 Å². The smallest absolute Gasteiger partial charge is 0.345 e. The van der Waals surface area contributed by atoms with Crippen molar-refractivity contribution in [2.45, 2.75) is 12.7 Å². The zero-order valence-electron chi connectivity index (χ0n) is 8.60. The molecule has 1 rings (SSSR count). The molecule has 0 spiro atoms. The van der Waals surface area contributed by atoms with Crippen LogP contribution in [0.25, 0.3) is 0 Å². The minimum Gasteiger partial charge on any atom is -0.477 e. The molecule has 1 unspecified atom stereocenters. The Morgan fingerprint density at radius 3 is 2.93 bits per heavy atom. The van der Waals surface area contributed by atoms with Crippen LogP contribution in [0.1, 0.15) is 21.5 Å². The highest BCUT2D eigenvalue weighted by atomic mass is 32.2. The highest BCUT2D eigenvalue weighted by molar-refractivity contribution is 7.98. The van der Waals surface area contributed by atoms with Crippen molar-refractivity contribution in [2.75, 3.05) is 12.3 Å². The number of thiophene rings is 1. The zero-order chi connectivity index (χ0) is 11.3. The second-order valence-corrected chi connectivity index (χ2v) is 5.63. The van der Waals surface area contributed by atoms with Crippen LogP contribution in [0.3, 0.4) is 0 Å². The van der Waals surface area contributed by atoms with E-state index in [1.54, 1.807) is 17.8 Å². The third-order valence-corrected chi connectivity index (χ3v) is 4.50. The first-order valence-electron chi connectivity index (χ1n) is 4.73. The van der Waals surface area contributed by atoms with E-state index in [9.17, 15) is 4.79 Å². The number of aromatic carboxylic acids is 1. The lowest BCUT2D eigenvalue weighted by atomic mass is 10.2. The van der Waals surface area contributed by atoms with E-state index in [4.69, 9.17) is 10.8 Å². The van der Waals surface area contributed by atoms with E-state index in [1.165, 1.54) is 11.3 Å². The van der Waals surface area contributed by atoms with Crippen molar-refractivity contribution in [1.29, 1.82) is 0 Å². The molecule has 1 heterocycles. The van der Waals surface area contributed by atoms with Crippen LogP contribution in [0, 0.1) is 5.92 Å². The normalized spacial score (nSPS) is 12.7. The number of rotatable bonds is 6. The minimum absolute atomic E-state index is 0.414. The summed E-state index contributed by atoms with van der Waals surface area (Å²) in [4.78, 5) is 12.2. The monoisotopic (exact) mass is 245 g/mol. The van der Waals surface area contributed by atoms with Crippen molar-refractivity contribution in [3.63, 3.8) is 0 Å². The lowest BCUT2D eigenvalue weighted by molar-refractivity contribution is 0.0702. The Balaban J connectivity index is 2.35. The van der Waals surface area contributed by atoms with Gasteiger partial charge in [0.1, 0.15) is 4.88 Å². The molecule has 15 heavy (non-hydrogen) atoms. The summed E-state index contributed by atoms with van der Waals surface area (Å²) in [5.41, 5.74) is 5.51. The molecule has 0 aliphatic rings. The van der Waals surface area contributed by atoms with Crippen molar-refractivity contribution >= 4 is 29.1 Å². The predicted octanol–water partition coefficient (Wildman–Crippen LogP) is 2.27. The van der Waals surface area contributed by atoms with Gasteiger partial charge in [-0.15, -0.1) is 11.3 Å². The molecule has 1 aromatic heterocycles. The topological polar surface area (TPSA) is 63.3 Å². The fraction of sp³-hybridized carbons (Fsp3) is 0.500. The second kappa shape index (κ2) is 6.15. The Morgan fingerprint density at radius 1 is 1.67 bits per heavy atom. The first-order valence-corrected chi connectivity index (χ1v) is 6.70. The summed E-state index contributed by atoms with van der Waals surface area (Å²) in [5, 5.41) is 8.74. The summed E-state index contributed by atoms with van der Waals surface area (Å²) >= 11 is 3.15. The van der Waals surface area contributed by atoms with Crippen molar-refractivity contribution in [3.05, 3.63) is 21.9 Å². The average molecular weight is 245 g/mol. The summed E-state index contributed by atoms with van der Waals surface area (Å²) in [6, 6.07) is 3.55. The standard InChI is InChI=1S/C10H15NO2S2/c1-7(4-11)5-14-6-8-2-3-9(15-8)10(12)13/h2-3,7H,4-6,11H2,1H3,(H,12,13). The van der Waals surface area contributed by atoms with Crippen LogP contribution in [0.4, 0.5) is 0 Å². The molecule has 0 aliphatic carbocycles. The van der Waals surface area contributed by atoms with Crippen LogP contribution >= 0.6 is 23.1 Å². The van der Waals surface area contributed by atoms with Gasteiger partial charge in [0.25, 0.3) is 0 Å². The maximum Gasteiger partial charge on any atom is 0.345 e. The van der Waals surface area contributed by atoms with Gasteiger partial charge in [0.2, 0.25) is 0 Å². The van der Waals surface area contributed by atoms with Crippen LogP contribution in [0.15, 0.2) is 12.1 Å². The fourth-order valence-electron chi connectivity index (χ4n) is 0.999. The number of hydrogen-bond donors (Lipinski definition) is 2. The summed E-state index contributed by atoms with van der Waals surface area (Å²) in [7, 11) is 0. The summed E-state index contributed by atoms with van der Waals surface area (Å²) in [6.07, 6.45) is 0. The number of carboxylic acid groups (broad SMARTS) is 1. The van der Waals surface area contributed by atoms with Crippen LogP contribution in [-0.4, -0.2) is 23.4 Å². The van der Waals surface area contributed by atoms with Gasteiger partial charge in [-0.25, -0.2) is 4.79 Å². The number of nitrogens with two attached hydrogens (primary N) is 1. The quantitative estimate of drug-likeness (QED) is 0.807. The molecule has 0 aliphatic heterocycles. The molecule has 0 aromatic carbocycles. The molecule has 0 amide bonds. The molecule has 1 atom stereocenters. The molecular formula is C10H15NO2S2. The fourth-order valence-corrected chi connectivity index (χ4v) is 3.08. The molecule has 5 heteroatoms. The maximum atomic E-state index is 10.6. The van der Waals surface area contributed by atoms with Crippen molar-refractivity contribution in [1.82, 2.24) is 0 Å². The highest BCUT2D eigenvalue weighted by Gasteiger charge is 2.07. The van der Waals surface area contributed by atoms with Crippen LogP contribution < -0.4 is 5.73 Å². The average Bonchev–Trinajstić information content (AvgIpc) is 2.66. The largest absolute Gasteiger partial charge is 0.477 e. The van der Waals surface area contributed by atoms with E-state index in [1.807, 2.05) is 6.07 Å². The Bertz CT molecular complexity index is 325. The van der Waals surface area contributed by atoms with Gasteiger partial charge in [0.15, 0.2) is 0 Å². The molecule has 3 N–H and O–H groups in total. The number of hydrogen-bond acceptors (Lipinski definition) is 4. The second-order valence-electron chi connectivity index (χ2n) is 3.43. The van der Waals surface area contributed by atoms with Crippen molar-refractivity contribution < 1.29 is 9.90 Å². The Morgan fingerprint density at radius 2 is 2.40 bits per heavy atom. The molecular weight excluding hydrogens is 230 g/mol. The first-order chi connectivity index (χ1) is 7.13. The first kappa shape index (κ1) is 12.5. The van der Waals surface area contributed by atoms with E-state index in [2.05, 4.69) is 6.92 Å². The van der Waals surface area contributed by atoms with Gasteiger partial charge in [-0.05, 0) is 30.3 Å². The lowest BCUT2D eigenvalue weighted by Gasteiger charge is -2.06. The zero-order valence-corrected chi connectivity index (χ0v) is 10.2. The molecule has 0 fully saturated rings. The van der Waals surface area contributed by atoms with E-state index < -0.39 is 5.97 Å². The van der Waals surface area contributed by atoms with Gasteiger partial charge in [-0.2, -0.15) is 11.8 Å². The summed E-state index contributed by atoms with van der Waals surface area (Å²) < 4.78 is 0. The summed E-state index contributed by atoms with van der Waals surface area (Å²) in [6.45, 7) is 2.82. The highest BCUT2D eigenvalue weighted by Crippen LogP contribution is 2.22. The van der Waals surface area contributed by atoms with Gasteiger partial charge in [-0.3, -0.25) is 0 Å². The molecule has 0 saturated carbocycles. The minimum atomic E-state index is -0.841. The molecule has 0 saturated heterocycles. The van der Waals surface area contributed by atoms with Gasteiger partial charge < -0.3 is 10.8 Å². The van der Waals surface area contributed by atoms with Gasteiger partial charge in [0.05, 0.1) is 0 Å². The predicted molar refractivity (Wildman–Crippen MR) is 65.7 cm³/mol. The SMILES string of the molecule is CC(CN)CSCc1ccc(C(=O)O)s1. The lowest BCUT2D eigenvalue weighted by Crippen LogP contribution is -2.12. The third-order valence-electron chi connectivity index (χ3n) is 1.92. The third kappa shape index (κ3) is 4.24. The number of carbonyl (C=O) groups is 1. The number of thioether (sulfide) groups is 1. The Labute approximate surface area is 97.7 Å². The van der Waals surface area contributed by atoms with Crippen LogP contribution in [0.5, 0.6) is 0 Å². The molecule has 84 valence electrons. The van der Waals surface area contributed by atoms with Crippen LogP contribution in [-0.2, 0) is 5.75 Å². The van der Waals surface area contributed by atoms with Crippen molar-refractivity contribution in [2.24, 2.45) is 11.7 Å². The molecule has 1 aromatic rings. The van der Waals surface area contributed by atoms with Crippen molar-refractivity contribution in [3.8, 4) is 0 Å². The van der Waals surface area contributed by atoms with E-state index in [0.717, 1.165) is 16.4 Å².